The summed E-state index contributed by atoms with van der Waals surface area (Å²) in [7, 11) is 0. The van der Waals surface area contributed by atoms with Crippen molar-refractivity contribution in [2.45, 2.75) is 27.7 Å². The van der Waals surface area contributed by atoms with Gasteiger partial charge in [0, 0.05) is 10.8 Å². The van der Waals surface area contributed by atoms with Crippen LogP contribution in [-0.4, -0.2) is 11.5 Å². The van der Waals surface area contributed by atoms with Crippen LogP contribution in [0, 0.1) is 16.2 Å². The van der Waals surface area contributed by atoms with Crippen molar-refractivity contribution in [3.05, 3.63) is 60.2 Å². The molecule has 0 atom stereocenters. The van der Waals surface area contributed by atoms with E-state index in [2.05, 4.69) is 81.2 Å². The van der Waals surface area contributed by atoms with E-state index in [-0.39, 0.29) is 10.8 Å². The zero-order valence-electron chi connectivity index (χ0n) is 13.6. The molecule has 0 radical (unpaired) electrons. The average Bonchev–Trinajstić information content (AvgIpc) is 2.68. The second-order valence-corrected chi connectivity index (χ2v) is 7.00. The van der Waals surface area contributed by atoms with Gasteiger partial charge in [-0.2, -0.15) is 0 Å². The highest BCUT2D eigenvalue weighted by Crippen LogP contribution is 2.47. The standard InChI is InChI=1S/C20H22N2/c1-19(2)17(22-18(21)20(19,3)4)16-12-10-15(11-13-16)14-8-6-5-7-9-14/h5-13,21H,1-4H3. The van der Waals surface area contributed by atoms with Gasteiger partial charge in [0.15, 0.2) is 0 Å². The number of amidine groups is 1. The highest BCUT2D eigenvalue weighted by atomic mass is 14.9. The maximum absolute atomic E-state index is 8.18. The van der Waals surface area contributed by atoms with Gasteiger partial charge < -0.3 is 0 Å². The van der Waals surface area contributed by atoms with Gasteiger partial charge in [0.2, 0.25) is 0 Å². The van der Waals surface area contributed by atoms with E-state index in [0.29, 0.717) is 5.84 Å². The van der Waals surface area contributed by atoms with Crippen LogP contribution in [0.4, 0.5) is 0 Å². The summed E-state index contributed by atoms with van der Waals surface area (Å²) in [6, 6.07) is 18.9. The summed E-state index contributed by atoms with van der Waals surface area (Å²) in [5, 5.41) is 8.18. The number of nitrogens with zero attached hydrogens (tertiary/aromatic N) is 1. The van der Waals surface area contributed by atoms with E-state index in [0.717, 1.165) is 11.3 Å². The van der Waals surface area contributed by atoms with Crippen molar-refractivity contribution in [3.63, 3.8) is 0 Å². The largest absolute Gasteiger partial charge is 0.286 e. The molecular weight excluding hydrogens is 268 g/mol. The van der Waals surface area contributed by atoms with Crippen molar-refractivity contribution >= 4 is 11.5 Å². The zero-order valence-corrected chi connectivity index (χ0v) is 13.6. The van der Waals surface area contributed by atoms with Gasteiger partial charge in [0.05, 0.1) is 5.71 Å². The first kappa shape index (κ1) is 14.7. The minimum atomic E-state index is -0.236. The van der Waals surface area contributed by atoms with E-state index in [9.17, 15) is 0 Å². The summed E-state index contributed by atoms with van der Waals surface area (Å²) in [4.78, 5) is 4.57. The topological polar surface area (TPSA) is 36.2 Å². The van der Waals surface area contributed by atoms with Crippen LogP contribution >= 0.6 is 0 Å². The van der Waals surface area contributed by atoms with Crippen molar-refractivity contribution in [2.24, 2.45) is 15.8 Å². The Morgan fingerprint density at radius 1 is 0.682 bits per heavy atom. The van der Waals surface area contributed by atoms with Gasteiger partial charge >= 0.3 is 0 Å². The smallest absolute Gasteiger partial charge is 0.127 e. The van der Waals surface area contributed by atoms with Gasteiger partial charge in [-0.05, 0) is 16.7 Å². The van der Waals surface area contributed by atoms with E-state index in [1.54, 1.807) is 0 Å². The van der Waals surface area contributed by atoms with Crippen molar-refractivity contribution in [3.8, 4) is 11.1 Å². The monoisotopic (exact) mass is 290 g/mol. The highest BCUT2D eigenvalue weighted by molar-refractivity contribution is 6.17. The number of nitrogens with one attached hydrogen (secondary N) is 1. The van der Waals surface area contributed by atoms with Crippen molar-refractivity contribution in [2.75, 3.05) is 0 Å². The Kier molecular flexibility index (Phi) is 3.28. The van der Waals surface area contributed by atoms with Gasteiger partial charge in [-0.3, -0.25) is 5.41 Å². The third-order valence-electron chi connectivity index (χ3n) is 5.24. The van der Waals surface area contributed by atoms with Crippen molar-refractivity contribution in [1.29, 1.82) is 5.41 Å². The molecule has 1 N–H and O–H groups in total. The summed E-state index contributed by atoms with van der Waals surface area (Å²) >= 11 is 0. The van der Waals surface area contributed by atoms with Gasteiger partial charge in [0.1, 0.15) is 5.84 Å². The molecule has 2 aromatic carbocycles. The molecule has 0 saturated carbocycles. The fourth-order valence-electron chi connectivity index (χ4n) is 2.86. The summed E-state index contributed by atoms with van der Waals surface area (Å²) < 4.78 is 0. The first-order valence-corrected chi connectivity index (χ1v) is 7.68. The van der Waals surface area contributed by atoms with Crippen LogP contribution in [0.2, 0.25) is 0 Å². The van der Waals surface area contributed by atoms with Crippen LogP contribution < -0.4 is 0 Å². The normalized spacial score (nSPS) is 19.1. The molecule has 22 heavy (non-hydrogen) atoms. The molecule has 0 spiro atoms. The lowest BCUT2D eigenvalue weighted by Crippen LogP contribution is -2.38. The molecule has 0 aliphatic carbocycles. The molecule has 0 saturated heterocycles. The molecule has 1 heterocycles. The Labute approximate surface area is 132 Å². The predicted molar refractivity (Wildman–Crippen MR) is 93.7 cm³/mol. The summed E-state index contributed by atoms with van der Waals surface area (Å²) in [5.74, 6) is 0.472. The predicted octanol–water partition coefficient (Wildman–Crippen LogP) is 5.19. The van der Waals surface area contributed by atoms with Crippen LogP contribution in [0.3, 0.4) is 0 Å². The quantitative estimate of drug-likeness (QED) is 0.790. The molecular formula is C20H22N2. The first-order chi connectivity index (χ1) is 10.3. The molecule has 2 nitrogen and oxygen atoms in total. The molecule has 1 aliphatic heterocycles. The van der Waals surface area contributed by atoms with Gasteiger partial charge in [0.25, 0.3) is 0 Å². The van der Waals surface area contributed by atoms with Gasteiger partial charge in [-0.1, -0.05) is 82.3 Å². The SMILES string of the molecule is CC1(C)C(=N)N=C(c2ccc(-c3ccccc3)cc2)C1(C)C. The lowest BCUT2D eigenvalue weighted by Gasteiger charge is -2.35. The third kappa shape index (κ3) is 2.10. The number of benzene rings is 2. The van der Waals surface area contributed by atoms with Crippen LogP contribution in [-0.2, 0) is 0 Å². The molecule has 2 aromatic rings. The van der Waals surface area contributed by atoms with Crippen LogP contribution in [0.15, 0.2) is 59.6 Å². The number of hydrogen-bond donors (Lipinski definition) is 1. The van der Waals surface area contributed by atoms with Crippen molar-refractivity contribution in [1.82, 2.24) is 0 Å². The lowest BCUT2D eigenvalue weighted by atomic mass is 9.65. The zero-order chi connectivity index (χ0) is 16.0. The Hall–Kier alpha value is -2.22. The molecule has 2 heteroatoms. The maximum atomic E-state index is 8.18. The van der Waals surface area contributed by atoms with Gasteiger partial charge in [-0.15, -0.1) is 0 Å². The Balaban J connectivity index is 1.98. The summed E-state index contributed by atoms with van der Waals surface area (Å²) in [5.41, 5.74) is 4.17. The minimum absolute atomic E-state index is 0.141. The molecule has 112 valence electrons. The Morgan fingerprint density at radius 3 is 1.68 bits per heavy atom. The van der Waals surface area contributed by atoms with E-state index < -0.39 is 0 Å². The molecule has 0 fully saturated rings. The van der Waals surface area contributed by atoms with E-state index >= 15 is 0 Å². The minimum Gasteiger partial charge on any atom is -0.286 e. The van der Waals surface area contributed by atoms with Gasteiger partial charge in [-0.25, -0.2) is 4.99 Å². The third-order valence-corrected chi connectivity index (χ3v) is 5.24. The second kappa shape index (κ2) is 4.91. The fraction of sp³-hybridized carbons (Fsp3) is 0.300. The Bertz CT molecular complexity index is 735. The number of aliphatic imine (C=N–C) groups is 1. The summed E-state index contributed by atoms with van der Waals surface area (Å²) in [6.45, 7) is 8.56. The highest BCUT2D eigenvalue weighted by Gasteiger charge is 2.49. The maximum Gasteiger partial charge on any atom is 0.127 e. The second-order valence-electron chi connectivity index (χ2n) is 7.00. The Morgan fingerprint density at radius 2 is 1.18 bits per heavy atom. The van der Waals surface area contributed by atoms with E-state index in [4.69, 9.17) is 5.41 Å². The van der Waals surface area contributed by atoms with Crippen LogP contribution in [0.1, 0.15) is 33.3 Å². The fourth-order valence-corrected chi connectivity index (χ4v) is 2.86. The van der Waals surface area contributed by atoms with Crippen LogP contribution in [0.5, 0.6) is 0 Å². The first-order valence-electron chi connectivity index (χ1n) is 7.68. The van der Waals surface area contributed by atoms with Crippen molar-refractivity contribution < 1.29 is 0 Å². The molecule has 3 rings (SSSR count). The lowest BCUT2D eigenvalue weighted by molar-refractivity contribution is 0.297. The number of hydrogen-bond acceptors (Lipinski definition) is 1. The molecule has 1 aliphatic rings. The molecule has 0 bridgehead atoms. The van der Waals surface area contributed by atoms with Crippen LogP contribution in [0.25, 0.3) is 11.1 Å². The molecule has 0 unspecified atom stereocenters. The van der Waals surface area contributed by atoms with E-state index in [1.165, 1.54) is 11.1 Å². The molecule has 0 aromatic heterocycles. The van der Waals surface area contributed by atoms with E-state index in [1.807, 2.05) is 6.07 Å². The number of rotatable bonds is 2. The molecule has 0 amide bonds. The summed E-state index contributed by atoms with van der Waals surface area (Å²) in [6.07, 6.45) is 0. The average molecular weight is 290 g/mol.